The zero-order chi connectivity index (χ0) is 9.26. The molecule has 0 radical (unpaired) electrons. The second-order valence-corrected chi connectivity index (χ2v) is 4.62. The van der Waals surface area contributed by atoms with Gasteiger partial charge in [0.2, 0.25) is 0 Å². The summed E-state index contributed by atoms with van der Waals surface area (Å²) in [6.45, 7) is 3.43. The predicted octanol–water partition coefficient (Wildman–Crippen LogP) is 3.35. The number of hydrogen-bond acceptors (Lipinski definition) is 1. The van der Waals surface area contributed by atoms with Crippen molar-refractivity contribution in [2.75, 3.05) is 9.66 Å². The van der Waals surface area contributed by atoms with Gasteiger partial charge in [-0.25, -0.2) is 0 Å². The molecule has 1 aliphatic rings. The first-order valence-electron chi connectivity index (χ1n) is 4.87. The van der Waals surface area contributed by atoms with Gasteiger partial charge in [0, 0.05) is 12.2 Å². The van der Waals surface area contributed by atoms with Gasteiger partial charge in [0.25, 0.3) is 0 Å². The van der Waals surface area contributed by atoms with Gasteiger partial charge in [0.05, 0.1) is 22.9 Å². The van der Waals surface area contributed by atoms with Gasteiger partial charge in [-0.1, -0.05) is 19.1 Å². The first-order chi connectivity index (χ1) is 6.33. The number of rotatable bonds is 1. The average molecular weight is 287 g/mol. The molecular weight excluding hydrogens is 273 g/mol. The number of halogens is 1. The average Bonchev–Trinajstić information content (AvgIpc) is 2.18. The van der Waals surface area contributed by atoms with Gasteiger partial charge in [-0.2, -0.15) is 0 Å². The van der Waals surface area contributed by atoms with E-state index in [-0.39, 0.29) is 0 Å². The van der Waals surface area contributed by atoms with E-state index >= 15 is 0 Å². The van der Waals surface area contributed by atoms with Crippen LogP contribution in [0.1, 0.15) is 24.5 Å². The molecule has 0 saturated heterocycles. The Balaban J connectivity index is 2.48. The molecule has 13 heavy (non-hydrogen) atoms. The van der Waals surface area contributed by atoms with Crippen molar-refractivity contribution < 1.29 is 0 Å². The van der Waals surface area contributed by atoms with Crippen molar-refractivity contribution in [3.05, 3.63) is 29.3 Å². The Morgan fingerprint density at radius 3 is 3.08 bits per heavy atom. The van der Waals surface area contributed by atoms with Crippen molar-refractivity contribution in [2.45, 2.75) is 26.2 Å². The Morgan fingerprint density at radius 1 is 1.46 bits per heavy atom. The summed E-state index contributed by atoms with van der Waals surface area (Å²) in [7, 11) is 0. The molecule has 0 unspecified atom stereocenters. The fraction of sp³-hybridized carbons (Fsp3) is 0.455. The predicted molar refractivity (Wildman–Crippen MR) is 65.5 cm³/mol. The highest BCUT2D eigenvalue weighted by Gasteiger charge is 2.16. The van der Waals surface area contributed by atoms with Crippen molar-refractivity contribution in [1.82, 2.24) is 0 Å². The molecule has 2 heteroatoms. The lowest BCUT2D eigenvalue weighted by molar-refractivity contribution is 0.794. The summed E-state index contributed by atoms with van der Waals surface area (Å²) in [5, 5.41) is 0. The summed E-state index contributed by atoms with van der Waals surface area (Å²) >= 11 is 2.41. The van der Waals surface area contributed by atoms with Gasteiger partial charge in [-0.3, -0.25) is 0 Å². The van der Waals surface area contributed by atoms with E-state index in [9.17, 15) is 0 Å². The number of benzene rings is 1. The number of anilines is 1. The van der Waals surface area contributed by atoms with Crippen LogP contribution in [0.3, 0.4) is 0 Å². The first kappa shape index (κ1) is 9.31. The molecule has 1 heterocycles. The van der Waals surface area contributed by atoms with E-state index in [0.717, 1.165) is 6.42 Å². The van der Waals surface area contributed by atoms with Gasteiger partial charge in [0.15, 0.2) is 0 Å². The van der Waals surface area contributed by atoms with Gasteiger partial charge in [-0.15, -0.1) is 0 Å². The van der Waals surface area contributed by atoms with E-state index < -0.39 is 0 Å². The standard InChI is InChI=1S/C11H14IN/c1-2-9-5-3-7-11-10(9)6-4-8-13(11)12/h3,5,7H,2,4,6,8H2,1H3. The molecule has 2 rings (SSSR count). The van der Waals surface area contributed by atoms with Crippen LogP contribution in [0.5, 0.6) is 0 Å². The van der Waals surface area contributed by atoms with Crippen LogP contribution < -0.4 is 3.11 Å². The van der Waals surface area contributed by atoms with Gasteiger partial charge >= 0.3 is 0 Å². The zero-order valence-corrected chi connectivity index (χ0v) is 10.0. The van der Waals surface area contributed by atoms with Crippen LogP contribution in [0.4, 0.5) is 5.69 Å². The summed E-state index contributed by atoms with van der Waals surface area (Å²) < 4.78 is 2.34. The molecule has 1 aromatic carbocycles. The van der Waals surface area contributed by atoms with Crippen molar-refractivity contribution in [3.8, 4) is 0 Å². The smallest absolute Gasteiger partial charge is 0.0591 e. The summed E-state index contributed by atoms with van der Waals surface area (Å²) in [6, 6.07) is 6.67. The molecule has 0 N–H and O–H groups in total. The topological polar surface area (TPSA) is 3.24 Å². The van der Waals surface area contributed by atoms with Crippen LogP contribution in [0.25, 0.3) is 0 Å². The lowest BCUT2D eigenvalue weighted by Crippen LogP contribution is -2.19. The molecule has 0 atom stereocenters. The van der Waals surface area contributed by atoms with Gasteiger partial charge in [0.1, 0.15) is 0 Å². The summed E-state index contributed by atoms with van der Waals surface area (Å²) in [4.78, 5) is 0. The molecule has 1 aromatic rings. The molecule has 1 nitrogen and oxygen atoms in total. The molecule has 0 amide bonds. The van der Waals surface area contributed by atoms with Gasteiger partial charge in [-0.05, 0) is 36.5 Å². The normalized spacial score (nSPS) is 15.7. The minimum atomic E-state index is 1.16. The van der Waals surface area contributed by atoms with Crippen molar-refractivity contribution in [1.29, 1.82) is 0 Å². The van der Waals surface area contributed by atoms with E-state index in [0.29, 0.717) is 0 Å². The molecule has 70 valence electrons. The Morgan fingerprint density at radius 2 is 2.31 bits per heavy atom. The van der Waals surface area contributed by atoms with Crippen LogP contribution in [-0.2, 0) is 12.8 Å². The number of nitrogens with zero attached hydrogens (tertiary/aromatic N) is 1. The molecule has 0 fully saturated rings. The summed E-state index contributed by atoms with van der Waals surface area (Å²) in [5.74, 6) is 0. The van der Waals surface area contributed by atoms with Crippen LogP contribution in [0.15, 0.2) is 18.2 Å². The maximum absolute atomic E-state index is 2.41. The first-order valence-corrected chi connectivity index (χ1v) is 5.83. The maximum Gasteiger partial charge on any atom is 0.0591 e. The summed E-state index contributed by atoms with van der Waals surface area (Å²) in [6.07, 6.45) is 3.72. The molecule has 0 aromatic heterocycles. The van der Waals surface area contributed by atoms with E-state index in [1.807, 2.05) is 0 Å². The quantitative estimate of drug-likeness (QED) is 0.565. The Kier molecular flexibility index (Phi) is 2.77. The van der Waals surface area contributed by atoms with Crippen LogP contribution >= 0.6 is 22.9 Å². The van der Waals surface area contributed by atoms with E-state index in [2.05, 4.69) is 51.1 Å². The molecule has 1 aliphatic heterocycles. The minimum absolute atomic E-state index is 1.16. The highest BCUT2D eigenvalue weighted by atomic mass is 127. The third-order valence-electron chi connectivity index (χ3n) is 2.67. The third kappa shape index (κ3) is 1.68. The second kappa shape index (κ2) is 3.86. The largest absolute Gasteiger partial charge is 0.315 e. The van der Waals surface area contributed by atoms with Crippen molar-refractivity contribution in [3.63, 3.8) is 0 Å². The Bertz CT molecular complexity index is 309. The Labute approximate surface area is 93.6 Å². The third-order valence-corrected chi connectivity index (χ3v) is 3.67. The molecule has 0 aliphatic carbocycles. The monoisotopic (exact) mass is 287 g/mol. The molecule has 0 spiro atoms. The fourth-order valence-electron chi connectivity index (χ4n) is 1.98. The van der Waals surface area contributed by atoms with Crippen LogP contribution in [0, 0.1) is 0 Å². The van der Waals surface area contributed by atoms with Gasteiger partial charge < -0.3 is 3.11 Å². The molecular formula is C11H14IN. The zero-order valence-electron chi connectivity index (χ0n) is 7.89. The highest BCUT2D eigenvalue weighted by Crippen LogP contribution is 2.32. The van der Waals surface area contributed by atoms with E-state index in [1.165, 1.54) is 30.6 Å². The van der Waals surface area contributed by atoms with Crippen molar-refractivity contribution in [2.24, 2.45) is 0 Å². The van der Waals surface area contributed by atoms with E-state index in [1.54, 1.807) is 5.56 Å². The molecule has 0 bridgehead atoms. The Hall–Kier alpha value is -0.250. The van der Waals surface area contributed by atoms with Crippen molar-refractivity contribution >= 4 is 28.6 Å². The number of hydrogen-bond donors (Lipinski definition) is 0. The second-order valence-electron chi connectivity index (χ2n) is 3.46. The maximum atomic E-state index is 2.41. The van der Waals surface area contributed by atoms with Crippen LogP contribution in [0.2, 0.25) is 0 Å². The molecule has 0 saturated carbocycles. The summed E-state index contributed by atoms with van der Waals surface area (Å²) in [5.41, 5.74) is 4.54. The fourth-order valence-corrected chi connectivity index (χ4v) is 2.78. The number of fused-ring (bicyclic) bond motifs is 1. The minimum Gasteiger partial charge on any atom is -0.315 e. The highest BCUT2D eigenvalue weighted by molar-refractivity contribution is 14.1. The lowest BCUT2D eigenvalue weighted by atomic mass is 9.96. The lowest BCUT2D eigenvalue weighted by Gasteiger charge is -2.26. The number of aryl methyl sites for hydroxylation is 1. The van der Waals surface area contributed by atoms with Crippen LogP contribution in [-0.4, -0.2) is 6.54 Å². The SMILES string of the molecule is CCc1cccc2c1CCCN2I. The van der Waals surface area contributed by atoms with E-state index in [4.69, 9.17) is 0 Å².